The summed E-state index contributed by atoms with van der Waals surface area (Å²) in [6.45, 7) is 0.275. The summed E-state index contributed by atoms with van der Waals surface area (Å²) in [5.41, 5.74) is 2.14. The quantitative estimate of drug-likeness (QED) is 0.264. The fourth-order valence-electron chi connectivity index (χ4n) is 4.06. The van der Waals surface area contributed by atoms with Gasteiger partial charge in [-0.05, 0) is 37.1 Å². The van der Waals surface area contributed by atoms with Crippen molar-refractivity contribution in [2.45, 2.75) is 23.8 Å². The minimum Gasteiger partial charge on any atom is -0.454 e. The molecule has 0 aromatic heterocycles. The van der Waals surface area contributed by atoms with E-state index in [1.54, 1.807) is 47.8 Å². The van der Waals surface area contributed by atoms with Crippen LogP contribution < -0.4 is 9.80 Å². The van der Waals surface area contributed by atoms with Gasteiger partial charge in [0.05, 0.1) is 23.0 Å². The highest BCUT2D eigenvalue weighted by atomic mass is 32.2. The predicted octanol–water partition coefficient (Wildman–Crippen LogP) is 4.00. The molecular weight excluding hydrogens is 438 g/mol. The Kier molecular flexibility index (Phi) is 7.02. The number of benzene rings is 2. The van der Waals surface area contributed by atoms with E-state index in [2.05, 4.69) is 0 Å². The SMILES string of the molecule is CN1C(=C(C#N)C(=O)COC(=O)c2ccccc2SCC2CCCO2)N(C)c2ccccc21. The van der Waals surface area contributed by atoms with E-state index >= 15 is 0 Å². The van der Waals surface area contributed by atoms with Crippen molar-refractivity contribution in [1.82, 2.24) is 0 Å². The highest BCUT2D eigenvalue weighted by Crippen LogP contribution is 2.40. The van der Waals surface area contributed by atoms with Crippen molar-refractivity contribution < 1.29 is 19.1 Å². The largest absolute Gasteiger partial charge is 0.454 e. The number of nitrogens with zero attached hydrogens (tertiary/aromatic N) is 3. The predicted molar refractivity (Wildman–Crippen MR) is 127 cm³/mol. The number of fused-ring (bicyclic) bond motifs is 1. The van der Waals surface area contributed by atoms with E-state index < -0.39 is 18.4 Å². The number of Topliss-reactive ketones (excluding diaryl/α,β-unsaturated/α-hetero) is 1. The maximum Gasteiger partial charge on any atom is 0.339 e. The maximum atomic E-state index is 12.9. The summed E-state index contributed by atoms with van der Waals surface area (Å²) in [5, 5.41) is 9.73. The van der Waals surface area contributed by atoms with Gasteiger partial charge >= 0.3 is 5.97 Å². The topological polar surface area (TPSA) is 82.9 Å². The van der Waals surface area contributed by atoms with Crippen molar-refractivity contribution in [2.24, 2.45) is 0 Å². The van der Waals surface area contributed by atoms with E-state index in [1.165, 1.54) is 0 Å². The molecule has 0 bridgehead atoms. The summed E-state index contributed by atoms with van der Waals surface area (Å²) in [4.78, 5) is 30.0. The summed E-state index contributed by atoms with van der Waals surface area (Å²) < 4.78 is 11.0. The average molecular weight is 464 g/mol. The summed E-state index contributed by atoms with van der Waals surface area (Å²) in [7, 11) is 3.60. The number of thioether (sulfide) groups is 1. The molecule has 0 amide bonds. The molecule has 0 aliphatic carbocycles. The Hall–Kier alpha value is -3.28. The highest BCUT2D eigenvalue weighted by Gasteiger charge is 2.31. The molecule has 8 heteroatoms. The number of rotatable bonds is 7. The molecule has 33 heavy (non-hydrogen) atoms. The number of hydrogen-bond acceptors (Lipinski definition) is 8. The number of carbonyl (C=O) groups is 2. The van der Waals surface area contributed by atoms with Crippen molar-refractivity contribution in [3.8, 4) is 6.07 Å². The minimum absolute atomic E-state index is 0.0509. The third kappa shape index (κ3) is 4.75. The first-order valence-corrected chi connectivity index (χ1v) is 11.7. The van der Waals surface area contributed by atoms with Crippen molar-refractivity contribution in [2.75, 3.05) is 42.9 Å². The van der Waals surface area contributed by atoms with Gasteiger partial charge in [-0.3, -0.25) is 4.79 Å². The van der Waals surface area contributed by atoms with Crippen LogP contribution in [0, 0.1) is 11.3 Å². The van der Waals surface area contributed by atoms with Crippen molar-refractivity contribution >= 4 is 34.9 Å². The number of ketones is 1. The van der Waals surface area contributed by atoms with E-state index in [4.69, 9.17) is 9.47 Å². The van der Waals surface area contributed by atoms with Crippen molar-refractivity contribution in [1.29, 1.82) is 5.26 Å². The summed E-state index contributed by atoms with van der Waals surface area (Å²) >= 11 is 1.55. The Balaban J connectivity index is 1.45. The molecule has 1 fully saturated rings. The number of para-hydroxylation sites is 2. The van der Waals surface area contributed by atoms with Crippen LogP contribution in [-0.4, -0.2) is 50.9 Å². The van der Waals surface area contributed by atoms with E-state index in [-0.39, 0.29) is 11.7 Å². The van der Waals surface area contributed by atoms with Gasteiger partial charge in [0.15, 0.2) is 6.61 Å². The normalized spacial score (nSPS) is 17.0. The maximum absolute atomic E-state index is 12.9. The fourth-order valence-corrected chi connectivity index (χ4v) is 5.17. The lowest BCUT2D eigenvalue weighted by Crippen LogP contribution is -2.28. The Morgan fingerprint density at radius 2 is 1.79 bits per heavy atom. The number of hydrogen-bond donors (Lipinski definition) is 0. The van der Waals surface area contributed by atoms with Gasteiger partial charge in [-0.2, -0.15) is 5.26 Å². The van der Waals surface area contributed by atoms with Gasteiger partial charge in [0.1, 0.15) is 17.5 Å². The van der Waals surface area contributed by atoms with Crippen LogP contribution in [0.1, 0.15) is 23.2 Å². The first-order chi connectivity index (χ1) is 16.0. The average Bonchev–Trinajstić information content (AvgIpc) is 3.45. The van der Waals surface area contributed by atoms with Gasteiger partial charge in [0, 0.05) is 31.4 Å². The smallest absolute Gasteiger partial charge is 0.339 e. The van der Waals surface area contributed by atoms with Gasteiger partial charge in [0.25, 0.3) is 0 Å². The monoisotopic (exact) mass is 463 g/mol. The van der Waals surface area contributed by atoms with E-state index in [0.29, 0.717) is 11.4 Å². The molecule has 2 aromatic carbocycles. The highest BCUT2D eigenvalue weighted by molar-refractivity contribution is 7.99. The van der Waals surface area contributed by atoms with Gasteiger partial charge in [-0.25, -0.2) is 4.79 Å². The first-order valence-electron chi connectivity index (χ1n) is 10.8. The second-order valence-electron chi connectivity index (χ2n) is 7.86. The van der Waals surface area contributed by atoms with Crippen LogP contribution in [0.25, 0.3) is 0 Å². The molecule has 1 atom stereocenters. The van der Waals surface area contributed by atoms with Crippen molar-refractivity contribution in [3.05, 3.63) is 65.5 Å². The standard InChI is InChI=1S/C25H25N3O4S/c1-27-20-10-4-5-11-21(20)28(2)24(27)19(14-26)22(29)15-32-25(30)18-9-3-6-12-23(18)33-16-17-8-7-13-31-17/h3-6,9-12,17H,7-8,13,15-16H2,1-2H3. The Morgan fingerprint density at radius 3 is 2.42 bits per heavy atom. The van der Waals surface area contributed by atoms with Crippen LogP contribution >= 0.6 is 11.8 Å². The van der Waals surface area contributed by atoms with E-state index in [9.17, 15) is 14.9 Å². The third-order valence-corrected chi connectivity index (χ3v) is 6.95. The lowest BCUT2D eigenvalue weighted by atomic mass is 10.2. The molecule has 0 radical (unpaired) electrons. The van der Waals surface area contributed by atoms with Crippen LogP contribution in [-0.2, 0) is 14.3 Å². The van der Waals surface area contributed by atoms with Gasteiger partial charge in [-0.15, -0.1) is 11.8 Å². The molecule has 2 aromatic rings. The Morgan fingerprint density at radius 1 is 1.12 bits per heavy atom. The molecule has 2 aliphatic rings. The number of ether oxygens (including phenoxy) is 2. The number of anilines is 2. The van der Waals surface area contributed by atoms with E-state index in [0.717, 1.165) is 41.5 Å². The molecule has 1 unspecified atom stereocenters. The summed E-state index contributed by atoms with van der Waals surface area (Å²) in [5.74, 6) is 0.0919. The third-order valence-electron chi connectivity index (χ3n) is 5.74. The van der Waals surface area contributed by atoms with Crippen molar-refractivity contribution in [3.63, 3.8) is 0 Å². The van der Waals surface area contributed by atoms with Crippen LogP contribution in [0.2, 0.25) is 0 Å². The van der Waals surface area contributed by atoms with E-state index in [1.807, 2.05) is 42.5 Å². The Bertz CT molecular complexity index is 1100. The summed E-state index contributed by atoms with van der Waals surface area (Å²) in [6.07, 6.45) is 2.27. The molecule has 2 heterocycles. The lowest BCUT2D eigenvalue weighted by molar-refractivity contribution is -0.118. The van der Waals surface area contributed by atoms with Crippen LogP contribution in [0.5, 0.6) is 0 Å². The molecule has 1 saturated heterocycles. The molecule has 0 spiro atoms. The van der Waals surface area contributed by atoms with Gasteiger partial charge in [-0.1, -0.05) is 24.3 Å². The molecule has 0 saturated carbocycles. The summed E-state index contributed by atoms with van der Waals surface area (Å²) in [6, 6.07) is 16.8. The molecule has 170 valence electrons. The fraction of sp³-hybridized carbons (Fsp3) is 0.320. The zero-order valence-electron chi connectivity index (χ0n) is 18.6. The zero-order chi connectivity index (χ0) is 23.4. The minimum atomic E-state index is -0.586. The number of carbonyl (C=O) groups excluding carboxylic acids is 2. The molecule has 0 N–H and O–H groups in total. The lowest BCUT2D eigenvalue weighted by Gasteiger charge is -2.20. The molecular formula is C25H25N3O4S. The zero-order valence-corrected chi connectivity index (χ0v) is 19.4. The Labute approximate surface area is 197 Å². The second kappa shape index (κ2) is 10.1. The van der Waals surface area contributed by atoms with Crippen LogP contribution in [0.15, 0.2) is 64.8 Å². The van der Waals surface area contributed by atoms with Crippen LogP contribution in [0.4, 0.5) is 11.4 Å². The van der Waals surface area contributed by atoms with Gasteiger partial charge in [0.2, 0.25) is 5.78 Å². The number of esters is 1. The molecule has 7 nitrogen and oxygen atoms in total. The van der Waals surface area contributed by atoms with Gasteiger partial charge < -0.3 is 19.3 Å². The first kappa shape index (κ1) is 22.9. The molecule has 2 aliphatic heterocycles. The number of nitriles is 1. The second-order valence-corrected chi connectivity index (χ2v) is 8.92. The molecule has 4 rings (SSSR count). The van der Waals surface area contributed by atoms with Crippen LogP contribution in [0.3, 0.4) is 0 Å².